The van der Waals surface area contributed by atoms with Gasteiger partial charge in [-0.15, -0.1) is 0 Å². The lowest BCUT2D eigenvalue weighted by Gasteiger charge is -2.04. The van der Waals surface area contributed by atoms with Gasteiger partial charge in [-0.1, -0.05) is 22.9 Å². The summed E-state index contributed by atoms with van der Waals surface area (Å²) < 4.78 is 25.2. The summed E-state index contributed by atoms with van der Waals surface area (Å²) in [5, 5.41) is 0. The normalized spacial score (nSPS) is 10.6. The molecule has 0 bridgehead atoms. The molecule has 1 aromatic rings. The number of Topliss-reactive ketones (excluding diaryl/α,β-unsaturated/α-hetero) is 1. The highest BCUT2D eigenvalue weighted by Crippen LogP contribution is 2.24. The highest BCUT2D eigenvalue weighted by Gasteiger charge is 2.11. The molecule has 0 N–H and O–H groups in total. The summed E-state index contributed by atoms with van der Waals surface area (Å²) in [5.74, 6) is -0.131. The third-order valence-electron chi connectivity index (χ3n) is 1.82. The van der Waals surface area contributed by atoms with E-state index in [1.165, 1.54) is 12.1 Å². The average Bonchev–Trinajstić information content (AvgIpc) is 2.15. The lowest BCUT2D eigenvalue weighted by molar-refractivity contribution is 0.0987. The predicted octanol–water partition coefficient (Wildman–Crippen LogP) is 3.98. The van der Waals surface area contributed by atoms with Crippen LogP contribution in [0.1, 0.15) is 35.7 Å². The molecule has 0 aliphatic heterocycles. The van der Waals surface area contributed by atoms with Crippen LogP contribution >= 0.6 is 15.9 Å². The molecule has 14 heavy (non-hydrogen) atoms. The fourth-order valence-corrected chi connectivity index (χ4v) is 1.61. The van der Waals surface area contributed by atoms with Crippen molar-refractivity contribution in [3.8, 4) is 0 Å². The first kappa shape index (κ1) is 11.3. The van der Waals surface area contributed by atoms with Crippen LogP contribution < -0.4 is 0 Å². The van der Waals surface area contributed by atoms with Crippen LogP contribution in [0.25, 0.3) is 0 Å². The van der Waals surface area contributed by atoms with Gasteiger partial charge in [0, 0.05) is 22.0 Å². The minimum atomic E-state index is -2.55. The van der Waals surface area contributed by atoms with Crippen molar-refractivity contribution in [2.24, 2.45) is 0 Å². The van der Waals surface area contributed by atoms with E-state index >= 15 is 0 Å². The minimum Gasteiger partial charge on any atom is -0.294 e. The number of ketones is 1. The lowest BCUT2D eigenvalue weighted by Crippen LogP contribution is -1.98. The van der Waals surface area contributed by atoms with Crippen molar-refractivity contribution in [2.75, 3.05) is 0 Å². The second kappa shape index (κ2) is 4.64. The Balaban J connectivity index is 3.13. The van der Waals surface area contributed by atoms with Crippen molar-refractivity contribution in [2.45, 2.75) is 19.8 Å². The summed E-state index contributed by atoms with van der Waals surface area (Å²) in [6.45, 7) is 1.70. The van der Waals surface area contributed by atoms with E-state index in [9.17, 15) is 13.6 Å². The summed E-state index contributed by atoms with van der Waals surface area (Å²) in [6.07, 6.45) is -2.23. The molecular formula is C10H9BrF2O. The van der Waals surface area contributed by atoms with Crippen LogP contribution in [0.3, 0.4) is 0 Å². The van der Waals surface area contributed by atoms with Crippen LogP contribution in [0.2, 0.25) is 0 Å². The summed E-state index contributed by atoms with van der Waals surface area (Å²) in [5.41, 5.74) is 0.202. The molecule has 0 aliphatic rings. The standard InChI is InChI=1S/C10H9BrF2O/c1-2-9(14)6-3-7(10(12)13)5-8(11)4-6/h3-5,10H,2H2,1H3. The SMILES string of the molecule is CCC(=O)c1cc(Br)cc(C(F)F)c1. The van der Waals surface area contributed by atoms with Crippen LogP contribution in [-0.4, -0.2) is 5.78 Å². The van der Waals surface area contributed by atoms with E-state index in [0.717, 1.165) is 0 Å². The number of hydrogen-bond acceptors (Lipinski definition) is 1. The fourth-order valence-electron chi connectivity index (χ4n) is 1.10. The van der Waals surface area contributed by atoms with Gasteiger partial charge in [-0.3, -0.25) is 4.79 Å². The number of carbonyl (C=O) groups is 1. The minimum absolute atomic E-state index is 0.129. The molecule has 1 aromatic carbocycles. The Morgan fingerprint density at radius 1 is 1.43 bits per heavy atom. The van der Waals surface area contributed by atoms with Gasteiger partial charge in [0.1, 0.15) is 0 Å². The van der Waals surface area contributed by atoms with E-state index in [1.807, 2.05) is 0 Å². The zero-order valence-electron chi connectivity index (χ0n) is 7.56. The molecule has 0 saturated carbocycles. The van der Waals surface area contributed by atoms with Gasteiger partial charge in [0.25, 0.3) is 6.43 Å². The monoisotopic (exact) mass is 262 g/mol. The molecule has 4 heteroatoms. The molecule has 0 spiro atoms. The van der Waals surface area contributed by atoms with Crippen molar-refractivity contribution in [1.82, 2.24) is 0 Å². The third kappa shape index (κ3) is 2.61. The topological polar surface area (TPSA) is 17.1 Å². The number of rotatable bonds is 3. The molecule has 1 rings (SSSR count). The van der Waals surface area contributed by atoms with Crippen molar-refractivity contribution < 1.29 is 13.6 Å². The van der Waals surface area contributed by atoms with Crippen LogP contribution in [0.15, 0.2) is 22.7 Å². The van der Waals surface area contributed by atoms with Gasteiger partial charge < -0.3 is 0 Å². The molecule has 0 radical (unpaired) electrons. The summed E-state index contributed by atoms with van der Waals surface area (Å²) in [7, 11) is 0. The first-order chi connectivity index (χ1) is 6.54. The molecular weight excluding hydrogens is 254 g/mol. The Labute approximate surface area is 89.3 Å². The summed E-state index contributed by atoms with van der Waals surface area (Å²) >= 11 is 3.09. The Kier molecular flexibility index (Phi) is 3.75. The van der Waals surface area contributed by atoms with Crippen molar-refractivity contribution >= 4 is 21.7 Å². The number of benzene rings is 1. The summed E-state index contributed by atoms with van der Waals surface area (Å²) in [4.78, 5) is 11.3. The van der Waals surface area contributed by atoms with Gasteiger partial charge in [0.2, 0.25) is 0 Å². The van der Waals surface area contributed by atoms with Crippen molar-refractivity contribution in [1.29, 1.82) is 0 Å². The van der Waals surface area contributed by atoms with Crippen LogP contribution in [0.4, 0.5) is 8.78 Å². The van der Waals surface area contributed by atoms with E-state index < -0.39 is 6.43 Å². The maximum Gasteiger partial charge on any atom is 0.263 e. The molecule has 0 atom stereocenters. The van der Waals surface area contributed by atoms with Gasteiger partial charge in [0.05, 0.1) is 0 Å². The van der Waals surface area contributed by atoms with Crippen LogP contribution in [-0.2, 0) is 0 Å². The van der Waals surface area contributed by atoms with Crippen LogP contribution in [0, 0.1) is 0 Å². The molecule has 76 valence electrons. The molecule has 0 aliphatic carbocycles. The fraction of sp³-hybridized carbons (Fsp3) is 0.300. The smallest absolute Gasteiger partial charge is 0.263 e. The Bertz CT molecular complexity index is 350. The molecule has 0 unspecified atom stereocenters. The predicted molar refractivity (Wildman–Crippen MR) is 53.7 cm³/mol. The summed E-state index contributed by atoms with van der Waals surface area (Å²) in [6, 6.07) is 4.11. The van der Waals surface area contributed by atoms with Gasteiger partial charge in [-0.25, -0.2) is 8.78 Å². The van der Waals surface area contributed by atoms with E-state index in [1.54, 1.807) is 13.0 Å². The second-order valence-electron chi connectivity index (χ2n) is 2.85. The van der Waals surface area contributed by atoms with Gasteiger partial charge in [-0.2, -0.15) is 0 Å². The zero-order chi connectivity index (χ0) is 10.7. The lowest BCUT2D eigenvalue weighted by atomic mass is 10.1. The highest BCUT2D eigenvalue weighted by molar-refractivity contribution is 9.10. The molecule has 1 nitrogen and oxygen atoms in total. The number of halogens is 3. The number of alkyl halides is 2. The highest BCUT2D eigenvalue weighted by atomic mass is 79.9. The van der Waals surface area contributed by atoms with Gasteiger partial charge in [-0.05, 0) is 18.2 Å². The Hall–Kier alpha value is -0.770. The average molecular weight is 263 g/mol. The van der Waals surface area contributed by atoms with E-state index in [0.29, 0.717) is 16.5 Å². The van der Waals surface area contributed by atoms with Gasteiger partial charge in [0.15, 0.2) is 5.78 Å². The maximum atomic E-state index is 12.4. The second-order valence-corrected chi connectivity index (χ2v) is 3.77. The van der Waals surface area contributed by atoms with Crippen molar-refractivity contribution in [3.63, 3.8) is 0 Å². The molecule has 0 amide bonds. The zero-order valence-corrected chi connectivity index (χ0v) is 9.14. The van der Waals surface area contributed by atoms with Crippen LogP contribution in [0.5, 0.6) is 0 Å². The largest absolute Gasteiger partial charge is 0.294 e. The number of hydrogen-bond donors (Lipinski definition) is 0. The first-order valence-corrected chi connectivity index (χ1v) is 4.95. The molecule has 0 saturated heterocycles. The van der Waals surface area contributed by atoms with E-state index in [4.69, 9.17) is 0 Å². The quantitative estimate of drug-likeness (QED) is 0.754. The molecule has 0 fully saturated rings. The van der Waals surface area contributed by atoms with Gasteiger partial charge >= 0.3 is 0 Å². The Morgan fingerprint density at radius 2 is 2.07 bits per heavy atom. The molecule has 0 aromatic heterocycles. The van der Waals surface area contributed by atoms with Crippen molar-refractivity contribution in [3.05, 3.63) is 33.8 Å². The third-order valence-corrected chi connectivity index (χ3v) is 2.27. The number of carbonyl (C=O) groups excluding carboxylic acids is 1. The maximum absolute atomic E-state index is 12.4. The van der Waals surface area contributed by atoms with E-state index in [2.05, 4.69) is 15.9 Å². The van der Waals surface area contributed by atoms with E-state index in [-0.39, 0.29) is 11.3 Å². The Morgan fingerprint density at radius 3 is 2.57 bits per heavy atom. The molecule has 0 heterocycles. The first-order valence-electron chi connectivity index (χ1n) is 4.16.